The van der Waals surface area contributed by atoms with Gasteiger partial charge in [-0.15, -0.1) is 23.2 Å². The SMILES string of the molecule is CCOc1nc(NC(c2ccccc2)(c2ccccc2)c2ccc(OC)cc2)nc2c1ncn2[C@@H]1O[C@H](CO)[C@@H](O)[C@@]1(C)Cl.CC[C@H]1O[C@@H](n2cnc3c(Cl)nc(NC(c4ccccc4)(c4ccccc4)c4ccc(OC)cc4)nc32)[C@](C)(Cl)[C@@H]1C. The maximum Gasteiger partial charge on any atom is 0.247 e. The van der Waals surface area contributed by atoms with Gasteiger partial charge in [-0.2, -0.15) is 19.9 Å². The Kier molecular flexibility index (Phi) is 17.3. The van der Waals surface area contributed by atoms with E-state index in [1.165, 1.54) is 6.33 Å². The number of aliphatic hydroxyl groups is 2. The summed E-state index contributed by atoms with van der Waals surface area (Å²) in [6.07, 6.45) is 0.749. The topological polar surface area (TPSA) is 198 Å². The molecule has 4 N–H and O–H groups in total. The van der Waals surface area contributed by atoms with Crippen molar-refractivity contribution in [2.45, 2.75) is 92.6 Å². The summed E-state index contributed by atoms with van der Waals surface area (Å²) < 4.78 is 32.9. The molecule has 0 bridgehead atoms. The van der Waals surface area contributed by atoms with Crippen LogP contribution in [0.2, 0.25) is 5.15 Å². The molecule has 8 atom stereocenters. The van der Waals surface area contributed by atoms with Crippen molar-refractivity contribution in [2.75, 3.05) is 38.1 Å². The minimum Gasteiger partial charge on any atom is -0.497 e. The number of hydrogen-bond acceptors (Lipinski definition) is 15. The monoisotopic (exact) mass is 1220 g/mol. The quantitative estimate of drug-likeness (QED) is 0.0359. The van der Waals surface area contributed by atoms with Gasteiger partial charge in [-0.3, -0.25) is 9.13 Å². The molecular formula is C66H67Cl3N10O7. The Morgan fingerprint density at radius 1 is 0.558 bits per heavy atom. The number of nitrogens with zero attached hydrogens (tertiary/aromatic N) is 8. The number of aliphatic hydroxyl groups excluding tert-OH is 2. The average molecular weight is 1220 g/mol. The number of hydrogen-bond donors (Lipinski definition) is 4. The highest BCUT2D eigenvalue weighted by Crippen LogP contribution is 2.50. The molecule has 12 rings (SSSR count). The lowest BCUT2D eigenvalue weighted by Crippen LogP contribution is -2.39. The molecule has 0 amide bonds. The number of alkyl halides is 2. The van der Waals surface area contributed by atoms with E-state index in [1.807, 2.05) is 140 Å². The van der Waals surface area contributed by atoms with Gasteiger partial charge in [-0.25, -0.2) is 9.97 Å². The Balaban J connectivity index is 0.000000179. The standard InChI is InChI=1S/C33H33Cl2N5O2.C33H34ClN5O5/c1-5-26-21(2)32(3,35)30(42-26)40-20-36-27-28(34)37-31(38-29(27)40)39-33(22-12-8-6-9-13-22,23-14-10-7-11-15-23)24-16-18-25(41-4)19-17-24;1-4-43-29-26-28(39(20-35-26)30-32(2,34)27(41)25(19-40)44-30)36-31(37-29)38-33(21-11-7-5-8-12-21,22-13-9-6-10-14-22)23-15-17-24(42-3)18-16-23/h6-21,26,30H,5H2,1-4H3,(H,37,38,39);5-18,20,25,27,30,40-41H,4,19H2,1-3H3,(H,36,37,38)/t21-,26-,30-,32-;25-,27-,30-,32-/m11/s1. The van der Waals surface area contributed by atoms with E-state index in [-0.39, 0.29) is 29.0 Å². The van der Waals surface area contributed by atoms with E-state index in [0.717, 1.165) is 51.3 Å². The van der Waals surface area contributed by atoms with Gasteiger partial charge in [0, 0.05) is 5.92 Å². The maximum atomic E-state index is 10.8. The second kappa shape index (κ2) is 24.8. The molecule has 20 heteroatoms. The zero-order valence-electron chi connectivity index (χ0n) is 48.6. The summed E-state index contributed by atoms with van der Waals surface area (Å²) in [6, 6.07) is 56.4. The van der Waals surface area contributed by atoms with Crippen LogP contribution in [0, 0.1) is 5.92 Å². The van der Waals surface area contributed by atoms with Crippen molar-refractivity contribution in [3.63, 3.8) is 0 Å². The van der Waals surface area contributed by atoms with Gasteiger partial charge in [-0.1, -0.05) is 171 Å². The van der Waals surface area contributed by atoms with Crippen LogP contribution >= 0.6 is 34.8 Å². The lowest BCUT2D eigenvalue weighted by atomic mass is 9.77. The third-order valence-corrected chi connectivity index (χ3v) is 17.8. The molecular weight excluding hydrogens is 1150 g/mol. The van der Waals surface area contributed by atoms with Crippen LogP contribution in [0.5, 0.6) is 17.4 Å². The predicted octanol–water partition coefficient (Wildman–Crippen LogP) is 12.7. The fraction of sp³-hybridized carbons (Fsp3) is 0.303. The third kappa shape index (κ3) is 10.8. The molecule has 6 heterocycles. The normalized spacial score (nSPS) is 22.1. The van der Waals surface area contributed by atoms with Gasteiger partial charge < -0.3 is 44.5 Å². The largest absolute Gasteiger partial charge is 0.497 e. The molecule has 17 nitrogen and oxygen atoms in total. The van der Waals surface area contributed by atoms with E-state index in [0.29, 0.717) is 34.9 Å². The van der Waals surface area contributed by atoms with Crippen LogP contribution in [0.25, 0.3) is 22.3 Å². The first kappa shape index (κ1) is 59.8. The average Bonchev–Trinajstić information content (AvgIpc) is 1.30. The van der Waals surface area contributed by atoms with Gasteiger partial charge in [0.05, 0.1) is 51.1 Å². The van der Waals surface area contributed by atoms with Crippen LogP contribution in [0.15, 0.2) is 183 Å². The van der Waals surface area contributed by atoms with E-state index in [4.69, 9.17) is 73.4 Å². The van der Waals surface area contributed by atoms with Crippen LogP contribution in [0.4, 0.5) is 11.9 Å². The van der Waals surface area contributed by atoms with E-state index in [2.05, 4.69) is 88.0 Å². The number of benzene rings is 6. The molecule has 10 aromatic rings. The molecule has 444 valence electrons. The third-order valence-electron chi connectivity index (χ3n) is 16.6. The van der Waals surface area contributed by atoms with Gasteiger partial charge in [0.1, 0.15) is 45.2 Å². The van der Waals surface area contributed by atoms with Crippen LogP contribution in [0.1, 0.15) is 86.9 Å². The van der Waals surface area contributed by atoms with Crippen molar-refractivity contribution in [2.24, 2.45) is 5.92 Å². The van der Waals surface area contributed by atoms with E-state index in [9.17, 15) is 10.2 Å². The van der Waals surface area contributed by atoms with Crippen molar-refractivity contribution in [1.29, 1.82) is 0 Å². The van der Waals surface area contributed by atoms with E-state index >= 15 is 0 Å². The highest BCUT2D eigenvalue weighted by molar-refractivity contribution is 6.33. The molecule has 86 heavy (non-hydrogen) atoms. The summed E-state index contributed by atoms with van der Waals surface area (Å²) in [7, 11) is 3.30. The first-order valence-corrected chi connectivity index (χ1v) is 29.6. The van der Waals surface area contributed by atoms with Crippen LogP contribution in [0.3, 0.4) is 0 Å². The molecule has 0 radical (unpaired) electrons. The highest BCUT2D eigenvalue weighted by atomic mass is 35.5. The number of halogens is 3. The summed E-state index contributed by atoms with van der Waals surface area (Å²) in [5, 5.41) is 28.2. The smallest absolute Gasteiger partial charge is 0.247 e. The fourth-order valence-electron chi connectivity index (χ4n) is 11.8. The van der Waals surface area contributed by atoms with Crippen molar-refractivity contribution < 1.29 is 33.9 Å². The Morgan fingerprint density at radius 3 is 1.35 bits per heavy atom. The van der Waals surface area contributed by atoms with Gasteiger partial charge in [0.25, 0.3) is 0 Å². The molecule has 2 fully saturated rings. The van der Waals surface area contributed by atoms with Gasteiger partial charge in [-0.05, 0) is 84.8 Å². The molecule has 2 aliphatic heterocycles. The molecule has 0 aliphatic carbocycles. The number of imidazole rings is 2. The summed E-state index contributed by atoms with van der Waals surface area (Å²) in [5.41, 5.74) is 5.81. The number of rotatable bonds is 18. The van der Waals surface area contributed by atoms with Crippen molar-refractivity contribution in [3.05, 3.63) is 221 Å². The first-order chi connectivity index (χ1) is 41.6. The Labute approximate surface area is 514 Å². The number of nitrogens with one attached hydrogen (secondary N) is 2. The zero-order chi connectivity index (χ0) is 60.4. The minimum atomic E-state index is -1.27. The predicted molar refractivity (Wildman–Crippen MR) is 334 cm³/mol. The molecule has 0 spiro atoms. The van der Waals surface area contributed by atoms with Crippen LogP contribution in [-0.2, 0) is 20.6 Å². The second-order valence-corrected chi connectivity index (χ2v) is 23.6. The van der Waals surface area contributed by atoms with E-state index in [1.54, 1.807) is 32.0 Å². The molecule has 0 saturated carbocycles. The Morgan fingerprint density at radius 2 is 0.953 bits per heavy atom. The molecule has 2 aliphatic rings. The van der Waals surface area contributed by atoms with Gasteiger partial charge in [0.2, 0.25) is 17.8 Å². The summed E-state index contributed by atoms with van der Waals surface area (Å²) >= 11 is 20.7. The zero-order valence-corrected chi connectivity index (χ0v) is 50.8. The molecule has 2 saturated heterocycles. The first-order valence-electron chi connectivity index (χ1n) is 28.4. The second-order valence-electron chi connectivity index (χ2n) is 21.6. The van der Waals surface area contributed by atoms with Crippen molar-refractivity contribution >= 4 is 69.0 Å². The maximum absolute atomic E-state index is 10.8. The molecule has 6 aromatic carbocycles. The summed E-state index contributed by atoms with van der Waals surface area (Å²) in [6.45, 7) is 9.72. The van der Waals surface area contributed by atoms with Crippen LogP contribution < -0.4 is 24.8 Å². The van der Waals surface area contributed by atoms with Crippen LogP contribution in [-0.4, -0.2) is 105 Å². The van der Waals surface area contributed by atoms with Gasteiger partial charge >= 0.3 is 0 Å². The number of methoxy groups -OCH3 is 2. The summed E-state index contributed by atoms with van der Waals surface area (Å²) in [4.78, 5) is 26.6. The summed E-state index contributed by atoms with van der Waals surface area (Å²) in [5.74, 6) is 2.50. The minimum absolute atomic E-state index is 0.0173. The van der Waals surface area contributed by atoms with Gasteiger partial charge in [0.15, 0.2) is 34.4 Å². The fourth-order valence-corrected chi connectivity index (χ4v) is 12.6. The lowest BCUT2D eigenvalue weighted by molar-refractivity contribution is -0.0441. The number of anilines is 2. The molecule has 0 unspecified atom stereocenters. The Bertz CT molecular complexity index is 3820. The van der Waals surface area contributed by atoms with Crippen molar-refractivity contribution in [1.82, 2.24) is 39.0 Å². The lowest BCUT2D eigenvalue weighted by Gasteiger charge is -2.37. The number of ether oxygens (including phenoxy) is 5. The highest BCUT2D eigenvalue weighted by Gasteiger charge is 2.54. The number of aromatic nitrogens is 8. The Hall–Kier alpha value is -7.87. The number of fused-ring (bicyclic) bond motifs is 2. The molecule has 4 aromatic heterocycles. The van der Waals surface area contributed by atoms with Crippen molar-refractivity contribution in [3.8, 4) is 17.4 Å². The van der Waals surface area contributed by atoms with E-state index < -0.39 is 52.1 Å².